The van der Waals surface area contributed by atoms with Crippen molar-refractivity contribution in [1.82, 2.24) is 19.3 Å². The van der Waals surface area contributed by atoms with Crippen molar-refractivity contribution in [3.63, 3.8) is 0 Å². The van der Waals surface area contributed by atoms with Gasteiger partial charge in [0, 0.05) is 5.69 Å². The predicted octanol–water partition coefficient (Wildman–Crippen LogP) is 3.15. The Morgan fingerprint density at radius 3 is 2.52 bits per heavy atom. The smallest absolute Gasteiger partial charge is 0.264 e. The average Bonchev–Trinajstić information content (AvgIpc) is 3.08. The summed E-state index contributed by atoms with van der Waals surface area (Å²) >= 11 is 0. The maximum absolute atomic E-state index is 12.8. The minimum absolute atomic E-state index is 0.121. The van der Waals surface area contributed by atoms with E-state index in [0.29, 0.717) is 16.7 Å². The number of carbonyl (C=O) groups excluding carboxylic acids is 1. The Hall–Kier alpha value is -3.74. The first-order chi connectivity index (χ1) is 13.9. The van der Waals surface area contributed by atoms with Crippen molar-refractivity contribution in [3.05, 3.63) is 82.0 Å². The number of fused-ring (bicyclic) bond motifs is 1. The van der Waals surface area contributed by atoms with E-state index in [-0.39, 0.29) is 18.0 Å². The van der Waals surface area contributed by atoms with Gasteiger partial charge in [-0.2, -0.15) is 5.10 Å². The number of benzene rings is 2. The molecule has 7 nitrogen and oxygen atoms in total. The molecule has 0 radical (unpaired) electrons. The summed E-state index contributed by atoms with van der Waals surface area (Å²) in [6.45, 7) is 5.85. The van der Waals surface area contributed by atoms with Gasteiger partial charge in [0.1, 0.15) is 18.3 Å². The SMILES string of the molecule is Cc1cccc(NC(=O)Cn2cnc3c(cnn3-c3cc(C)cc(C)c3)c2=O)c1. The first-order valence-electron chi connectivity index (χ1n) is 9.29. The number of hydrogen-bond acceptors (Lipinski definition) is 4. The summed E-state index contributed by atoms with van der Waals surface area (Å²) in [7, 11) is 0. The summed E-state index contributed by atoms with van der Waals surface area (Å²) < 4.78 is 2.94. The second-order valence-corrected chi connectivity index (χ2v) is 7.23. The van der Waals surface area contributed by atoms with Gasteiger partial charge in [-0.15, -0.1) is 0 Å². The van der Waals surface area contributed by atoms with Gasteiger partial charge in [0.15, 0.2) is 5.65 Å². The highest BCUT2D eigenvalue weighted by Gasteiger charge is 2.14. The monoisotopic (exact) mass is 387 g/mol. The Labute approximate surface area is 167 Å². The second-order valence-electron chi connectivity index (χ2n) is 7.23. The van der Waals surface area contributed by atoms with E-state index in [9.17, 15) is 9.59 Å². The van der Waals surface area contributed by atoms with Crippen molar-refractivity contribution in [2.24, 2.45) is 0 Å². The molecule has 0 atom stereocenters. The van der Waals surface area contributed by atoms with Gasteiger partial charge < -0.3 is 5.32 Å². The van der Waals surface area contributed by atoms with Gasteiger partial charge >= 0.3 is 0 Å². The number of aryl methyl sites for hydroxylation is 3. The van der Waals surface area contributed by atoms with Crippen LogP contribution >= 0.6 is 0 Å². The Bertz CT molecular complexity index is 1270. The molecule has 0 spiro atoms. The molecule has 0 saturated carbocycles. The van der Waals surface area contributed by atoms with E-state index in [1.54, 1.807) is 4.68 Å². The molecule has 4 aromatic rings. The van der Waals surface area contributed by atoms with Crippen LogP contribution in [-0.2, 0) is 11.3 Å². The lowest BCUT2D eigenvalue weighted by atomic mass is 10.1. The van der Waals surface area contributed by atoms with Crippen molar-refractivity contribution in [3.8, 4) is 5.69 Å². The molecule has 0 bridgehead atoms. The van der Waals surface area contributed by atoms with E-state index >= 15 is 0 Å². The highest BCUT2D eigenvalue weighted by molar-refractivity contribution is 5.90. The second kappa shape index (κ2) is 7.35. The molecule has 7 heteroatoms. The quantitative estimate of drug-likeness (QED) is 0.583. The molecule has 0 saturated heterocycles. The summed E-state index contributed by atoms with van der Waals surface area (Å²) in [5, 5.41) is 7.52. The predicted molar refractivity (Wildman–Crippen MR) is 112 cm³/mol. The number of anilines is 1. The summed E-state index contributed by atoms with van der Waals surface area (Å²) in [4.78, 5) is 29.6. The fourth-order valence-corrected chi connectivity index (χ4v) is 3.40. The molecule has 146 valence electrons. The van der Waals surface area contributed by atoms with Gasteiger partial charge in [-0.3, -0.25) is 14.2 Å². The number of carbonyl (C=O) groups is 1. The minimum Gasteiger partial charge on any atom is -0.325 e. The molecule has 0 aliphatic rings. The summed E-state index contributed by atoms with van der Waals surface area (Å²) in [6.07, 6.45) is 2.89. The van der Waals surface area contributed by atoms with Crippen LogP contribution in [0.4, 0.5) is 5.69 Å². The highest BCUT2D eigenvalue weighted by Crippen LogP contribution is 2.17. The fourth-order valence-electron chi connectivity index (χ4n) is 3.40. The molecule has 2 aromatic heterocycles. The number of rotatable bonds is 4. The first kappa shape index (κ1) is 18.6. The summed E-state index contributed by atoms with van der Waals surface area (Å²) in [6, 6.07) is 13.5. The Morgan fingerprint density at radius 1 is 1.03 bits per heavy atom. The van der Waals surface area contributed by atoms with E-state index in [1.807, 2.05) is 57.2 Å². The van der Waals surface area contributed by atoms with Crippen LogP contribution in [0.3, 0.4) is 0 Å². The number of nitrogens with zero attached hydrogens (tertiary/aromatic N) is 4. The van der Waals surface area contributed by atoms with Crippen molar-refractivity contribution >= 4 is 22.6 Å². The molecule has 2 heterocycles. The van der Waals surface area contributed by atoms with Crippen molar-refractivity contribution in [2.45, 2.75) is 27.3 Å². The maximum atomic E-state index is 12.8. The molecule has 29 heavy (non-hydrogen) atoms. The summed E-state index contributed by atoms with van der Waals surface area (Å²) in [5.74, 6) is -0.291. The standard InChI is InChI=1S/C22H21N5O2/c1-14-5-4-6-17(8-14)25-20(28)12-26-13-23-21-19(22(26)29)11-24-27(21)18-9-15(2)7-16(3)10-18/h4-11,13H,12H2,1-3H3,(H,25,28). The summed E-state index contributed by atoms with van der Waals surface area (Å²) in [5.41, 5.74) is 4.95. The van der Waals surface area contributed by atoms with Crippen LogP contribution < -0.4 is 10.9 Å². The number of nitrogens with one attached hydrogen (secondary N) is 1. The van der Waals surface area contributed by atoms with Crippen LogP contribution in [0.15, 0.2) is 59.8 Å². The van der Waals surface area contributed by atoms with Gasteiger partial charge in [0.05, 0.1) is 11.9 Å². The molecule has 1 amide bonds. The molecule has 4 rings (SSSR count). The van der Waals surface area contributed by atoms with Gasteiger partial charge in [0.2, 0.25) is 5.91 Å². The zero-order valence-corrected chi connectivity index (χ0v) is 16.5. The van der Waals surface area contributed by atoms with Gasteiger partial charge in [0.25, 0.3) is 5.56 Å². The van der Waals surface area contributed by atoms with Gasteiger partial charge in [-0.1, -0.05) is 18.2 Å². The third kappa shape index (κ3) is 3.80. The van der Waals surface area contributed by atoms with Gasteiger partial charge in [-0.25, -0.2) is 9.67 Å². The Balaban J connectivity index is 1.63. The molecular formula is C22H21N5O2. The molecule has 0 aliphatic carbocycles. The molecule has 2 aromatic carbocycles. The lowest BCUT2D eigenvalue weighted by Gasteiger charge is -2.09. The third-order valence-electron chi connectivity index (χ3n) is 4.62. The van der Waals surface area contributed by atoms with Crippen molar-refractivity contribution in [2.75, 3.05) is 5.32 Å². The largest absolute Gasteiger partial charge is 0.325 e. The Kier molecular flexibility index (Phi) is 4.72. The van der Waals surface area contributed by atoms with E-state index < -0.39 is 0 Å². The number of hydrogen-bond donors (Lipinski definition) is 1. The lowest BCUT2D eigenvalue weighted by Crippen LogP contribution is -2.27. The molecule has 0 unspecified atom stereocenters. The zero-order valence-electron chi connectivity index (χ0n) is 16.5. The molecule has 0 aliphatic heterocycles. The molecular weight excluding hydrogens is 366 g/mol. The van der Waals surface area contributed by atoms with Crippen LogP contribution in [0.1, 0.15) is 16.7 Å². The van der Waals surface area contributed by atoms with E-state index in [2.05, 4.69) is 21.5 Å². The van der Waals surface area contributed by atoms with Crippen LogP contribution in [0, 0.1) is 20.8 Å². The normalized spacial score (nSPS) is 11.0. The third-order valence-corrected chi connectivity index (χ3v) is 4.62. The van der Waals surface area contributed by atoms with Crippen LogP contribution in [0.5, 0.6) is 0 Å². The lowest BCUT2D eigenvalue weighted by molar-refractivity contribution is -0.116. The molecule has 1 N–H and O–H groups in total. The average molecular weight is 387 g/mol. The van der Waals surface area contributed by atoms with Crippen LogP contribution in [-0.4, -0.2) is 25.2 Å². The van der Waals surface area contributed by atoms with Gasteiger partial charge in [-0.05, 0) is 61.7 Å². The van der Waals surface area contributed by atoms with Crippen molar-refractivity contribution in [1.29, 1.82) is 0 Å². The number of amides is 1. The van der Waals surface area contributed by atoms with Crippen LogP contribution in [0.2, 0.25) is 0 Å². The van der Waals surface area contributed by atoms with E-state index in [4.69, 9.17) is 0 Å². The number of aromatic nitrogens is 4. The van der Waals surface area contributed by atoms with E-state index in [0.717, 1.165) is 22.4 Å². The van der Waals surface area contributed by atoms with Crippen molar-refractivity contribution < 1.29 is 4.79 Å². The fraction of sp³-hybridized carbons (Fsp3) is 0.182. The molecule has 0 fully saturated rings. The first-order valence-corrected chi connectivity index (χ1v) is 9.29. The van der Waals surface area contributed by atoms with E-state index in [1.165, 1.54) is 17.1 Å². The minimum atomic E-state index is -0.301. The maximum Gasteiger partial charge on any atom is 0.264 e. The topological polar surface area (TPSA) is 81.8 Å². The zero-order chi connectivity index (χ0) is 20.5. The highest BCUT2D eigenvalue weighted by atomic mass is 16.2. The Morgan fingerprint density at radius 2 is 1.79 bits per heavy atom. The van der Waals surface area contributed by atoms with Crippen LogP contribution in [0.25, 0.3) is 16.7 Å².